The van der Waals surface area contributed by atoms with Crippen molar-refractivity contribution in [1.29, 1.82) is 0 Å². The Morgan fingerprint density at radius 1 is 1.47 bits per heavy atom. The molecule has 0 spiro atoms. The number of primary amides is 1. The number of amides is 1. The van der Waals surface area contributed by atoms with Gasteiger partial charge in [-0.3, -0.25) is 4.79 Å². The molecule has 3 N–H and O–H groups in total. The zero-order valence-electron chi connectivity index (χ0n) is 8.41. The molecule has 2 rings (SSSR count). The van der Waals surface area contributed by atoms with Gasteiger partial charge in [-0.2, -0.15) is 13.2 Å². The van der Waals surface area contributed by atoms with Gasteiger partial charge in [0.1, 0.15) is 0 Å². The lowest BCUT2D eigenvalue weighted by Crippen LogP contribution is -2.31. The minimum Gasteiger partial charge on any atom is -0.423 e. The van der Waals surface area contributed by atoms with Gasteiger partial charge in [0.25, 0.3) is 0 Å². The molecule has 0 fully saturated rings. The fourth-order valence-corrected chi connectivity index (χ4v) is 1.72. The standard InChI is InChI=1S/C9H7BF3NO3/c11-9(12,13)6-1-4(8(14)15)2-7-5(6)3-17-10(7)16/h1-2,16H,3H2,(H2,14,15). The summed E-state index contributed by atoms with van der Waals surface area (Å²) >= 11 is 0. The number of hydrogen-bond acceptors (Lipinski definition) is 3. The van der Waals surface area contributed by atoms with Crippen molar-refractivity contribution in [3.05, 3.63) is 28.8 Å². The van der Waals surface area contributed by atoms with Crippen molar-refractivity contribution in [2.45, 2.75) is 12.8 Å². The van der Waals surface area contributed by atoms with E-state index in [-0.39, 0.29) is 23.2 Å². The molecule has 0 unspecified atom stereocenters. The molecule has 0 atom stereocenters. The highest BCUT2D eigenvalue weighted by molar-refractivity contribution is 6.61. The Kier molecular flexibility index (Phi) is 2.63. The van der Waals surface area contributed by atoms with E-state index >= 15 is 0 Å². The maximum atomic E-state index is 12.7. The molecule has 17 heavy (non-hydrogen) atoms. The van der Waals surface area contributed by atoms with Gasteiger partial charge in [0.15, 0.2) is 0 Å². The second-order valence-electron chi connectivity index (χ2n) is 3.62. The van der Waals surface area contributed by atoms with E-state index in [1.807, 2.05) is 0 Å². The topological polar surface area (TPSA) is 72.6 Å². The molecule has 0 saturated heterocycles. The summed E-state index contributed by atoms with van der Waals surface area (Å²) in [6, 6.07) is 1.78. The monoisotopic (exact) mass is 245 g/mol. The third-order valence-corrected chi connectivity index (χ3v) is 2.53. The Morgan fingerprint density at radius 2 is 2.12 bits per heavy atom. The molecular weight excluding hydrogens is 238 g/mol. The number of nitrogens with two attached hydrogens (primary N) is 1. The number of hydrogen-bond donors (Lipinski definition) is 2. The third kappa shape index (κ3) is 2.01. The fraction of sp³-hybridized carbons (Fsp3) is 0.222. The number of alkyl halides is 3. The average molecular weight is 245 g/mol. The van der Waals surface area contributed by atoms with Gasteiger partial charge in [-0.25, -0.2) is 0 Å². The summed E-state index contributed by atoms with van der Waals surface area (Å²) in [7, 11) is -1.45. The predicted octanol–water partition coefficient (Wildman–Crippen LogP) is 0.0220. The van der Waals surface area contributed by atoms with Crippen molar-refractivity contribution in [2.24, 2.45) is 5.73 Å². The van der Waals surface area contributed by atoms with Crippen LogP contribution in [0.15, 0.2) is 12.1 Å². The van der Waals surface area contributed by atoms with Crippen LogP contribution in [0.2, 0.25) is 0 Å². The van der Waals surface area contributed by atoms with E-state index in [0.29, 0.717) is 6.07 Å². The van der Waals surface area contributed by atoms with Crippen LogP contribution in [-0.2, 0) is 17.4 Å². The molecule has 0 radical (unpaired) electrons. The highest BCUT2D eigenvalue weighted by atomic mass is 19.4. The van der Waals surface area contributed by atoms with Crippen molar-refractivity contribution >= 4 is 18.5 Å². The van der Waals surface area contributed by atoms with Crippen LogP contribution >= 0.6 is 0 Å². The molecule has 1 aliphatic heterocycles. The zero-order chi connectivity index (χ0) is 12.8. The molecule has 1 aromatic rings. The summed E-state index contributed by atoms with van der Waals surface area (Å²) < 4.78 is 42.9. The SMILES string of the molecule is NC(=O)c1cc2c(c(C(F)(F)F)c1)COB2O. The lowest BCUT2D eigenvalue weighted by molar-refractivity contribution is -0.138. The first-order chi connectivity index (χ1) is 7.80. The maximum absolute atomic E-state index is 12.7. The highest BCUT2D eigenvalue weighted by Gasteiger charge is 2.40. The van der Waals surface area contributed by atoms with E-state index in [0.717, 1.165) is 6.07 Å². The Labute approximate surface area is 94.3 Å². The number of fused-ring (bicyclic) bond motifs is 1. The van der Waals surface area contributed by atoms with Gasteiger partial charge in [-0.1, -0.05) is 0 Å². The minimum absolute atomic E-state index is 0.0615. The van der Waals surface area contributed by atoms with Crippen LogP contribution in [0.5, 0.6) is 0 Å². The van der Waals surface area contributed by atoms with Gasteiger partial charge in [0.05, 0.1) is 12.2 Å². The molecule has 1 amide bonds. The Balaban J connectivity index is 2.67. The van der Waals surface area contributed by atoms with E-state index in [4.69, 9.17) is 10.4 Å². The summed E-state index contributed by atoms with van der Waals surface area (Å²) in [5, 5.41) is 9.34. The van der Waals surface area contributed by atoms with E-state index in [9.17, 15) is 23.0 Å². The Hall–Kier alpha value is -1.54. The van der Waals surface area contributed by atoms with E-state index in [2.05, 4.69) is 0 Å². The van der Waals surface area contributed by atoms with Gasteiger partial charge in [0, 0.05) is 5.56 Å². The molecule has 0 bridgehead atoms. The zero-order valence-corrected chi connectivity index (χ0v) is 8.41. The van der Waals surface area contributed by atoms with Crippen LogP contribution in [0.1, 0.15) is 21.5 Å². The van der Waals surface area contributed by atoms with Crippen LogP contribution in [0.3, 0.4) is 0 Å². The van der Waals surface area contributed by atoms with Crippen molar-refractivity contribution in [3.8, 4) is 0 Å². The van der Waals surface area contributed by atoms with Crippen LogP contribution in [0.25, 0.3) is 0 Å². The lowest BCUT2D eigenvalue weighted by Gasteiger charge is -2.12. The molecule has 4 nitrogen and oxygen atoms in total. The first-order valence-corrected chi connectivity index (χ1v) is 4.64. The number of carbonyl (C=O) groups is 1. The van der Waals surface area contributed by atoms with Gasteiger partial charge in [0.2, 0.25) is 5.91 Å². The highest BCUT2D eigenvalue weighted by Crippen LogP contribution is 2.33. The smallest absolute Gasteiger partial charge is 0.423 e. The van der Waals surface area contributed by atoms with E-state index < -0.39 is 24.8 Å². The first kappa shape index (κ1) is 11.9. The molecular formula is C9H7BF3NO3. The van der Waals surface area contributed by atoms with Crippen molar-refractivity contribution < 1.29 is 27.6 Å². The molecule has 8 heteroatoms. The van der Waals surface area contributed by atoms with Gasteiger partial charge < -0.3 is 15.4 Å². The normalized spacial score (nSPS) is 14.9. The van der Waals surface area contributed by atoms with Gasteiger partial charge in [-0.15, -0.1) is 0 Å². The van der Waals surface area contributed by atoms with Crippen LogP contribution in [0, 0.1) is 0 Å². The van der Waals surface area contributed by atoms with Crippen molar-refractivity contribution in [2.75, 3.05) is 0 Å². The maximum Gasteiger partial charge on any atom is 0.491 e. The van der Waals surface area contributed by atoms with Crippen molar-refractivity contribution in [1.82, 2.24) is 0 Å². The number of benzene rings is 1. The molecule has 90 valence electrons. The largest absolute Gasteiger partial charge is 0.491 e. The fourth-order valence-electron chi connectivity index (χ4n) is 1.72. The minimum atomic E-state index is -4.62. The second-order valence-corrected chi connectivity index (χ2v) is 3.62. The molecule has 0 aliphatic carbocycles. The predicted molar refractivity (Wildman–Crippen MR) is 52.4 cm³/mol. The molecule has 0 saturated carbocycles. The Morgan fingerprint density at radius 3 is 2.65 bits per heavy atom. The number of halogens is 3. The number of carbonyl (C=O) groups excluding carboxylic acids is 1. The van der Waals surface area contributed by atoms with Crippen LogP contribution in [-0.4, -0.2) is 18.0 Å². The third-order valence-electron chi connectivity index (χ3n) is 2.53. The van der Waals surface area contributed by atoms with E-state index in [1.165, 1.54) is 0 Å². The van der Waals surface area contributed by atoms with Gasteiger partial charge in [-0.05, 0) is 23.2 Å². The summed E-state index contributed by atoms with van der Waals surface area (Å²) in [5.74, 6) is -0.989. The van der Waals surface area contributed by atoms with Crippen molar-refractivity contribution in [3.63, 3.8) is 0 Å². The average Bonchev–Trinajstić information content (AvgIpc) is 2.58. The molecule has 1 aromatic carbocycles. The van der Waals surface area contributed by atoms with E-state index in [1.54, 1.807) is 0 Å². The summed E-state index contributed by atoms with van der Waals surface area (Å²) in [5.41, 5.74) is 3.41. The number of rotatable bonds is 1. The summed E-state index contributed by atoms with van der Waals surface area (Å²) in [6.07, 6.45) is -4.62. The molecule has 1 aliphatic rings. The van der Waals surface area contributed by atoms with Crippen LogP contribution in [0.4, 0.5) is 13.2 Å². The quantitative estimate of drug-likeness (QED) is 0.685. The lowest BCUT2D eigenvalue weighted by atomic mass is 9.77. The van der Waals surface area contributed by atoms with Gasteiger partial charge >= 0.3 is 13.3 Å². The molecule has 1 heterocycles. The molecule has 0 aromatic heterocycles. The van der Waals surface area contributed by atoms with Crippen LogP contribution < -0.4 is 11.2 Å². The first-order valence-electron chi connectivity index (χ1n) is 4.64. The second kappa shape index (κ2) is 3.74. The summed E-state index contributed by atoms with van der Waals surface area (Å²) in [4.78, 5) is 10.9. The Bertz CT molecular complexity index is 489. The summed E-state index contributed by atoms with van der Waals surface area (Å²) in [6.45, 7) is -0.343.